The number of amides is 2. The van der Waals surface area contributed by atoms with Crippen molar-refractivity contribution < 1.29 is 22.7 Å². The average Bonchev–Trinajstić information content (AvgIpc) is 3.17. The molecule has 0 radical (unpaired) electrons. The Hall–Kier alpha value is -2.55. The monoisotopic (exact) mass is 354 g/mol. The molecule has 0 spiro atoms. The summed E-state index contributed by atoms with van der Waals surface area (Å²) in [4.78, 5) is 11.8. The van der Waals surface area contributed by atoms with Gasteiger partial charge in [0.15, 0.2) is 0 Å². The summed E-state index contributed by atoms with van der Waals surface area (Å²) in [6.45, 7) is 0.498. The molecular formula is C16H17F3N4O2. The van der Waals surface area contributed by atoms with Crippen LogP contribution in [0.3, 0.4) is 0 Å². The molecule has 2 amide bonds. The molecule has 0 fully saturated rings. The normalized spacial score (nSPS) is 13.6. The molecule has 6 nitrogen and oxygen atoms in total. The highest BCUT2D eigenvalue weighted by atomic mass is 19.4. The predicted octanol–water partition coefficient (Wildman–Crippen LogP) is 2.48. The second-order valence-electron chi connectivity index (χ2n) is 5.79. The highest BCUT2D eigenvalue weighted by Crippen LogP contribution is 2.20. The number of nitrogens with zero attached hydrogens (tertiary/aromatic N) is 2. The predicted molar refractivity (Wildman–Crippen MR) is 82.3 cm³/mol. The minimum atomic E-state index is -4.32. The molecule has 1 aliphatic rings. The van der Waals surface area contributed by atoms with Gasteiger partial charge in [0.2, 0.25) is 0 Å². The topological polar surface area (TPSA) is 68.2 Å². The van der Waals surface area contributed by atoms with Crippen LogP contribution in [-0.4, -0.2) is 22.0 Å². The van der Waals surface area contributed by atoms with E-state index in [1.165, 1.54) is 12.4 Å². The second-order valence-corrected chi connectivity index (χ2v) is 5.79. The van der Waals surface area contributed by atoms with Crippen molar-refractivity contribution in [3.63, 3.8) is 0 Å². The Morgan fingerprint density at radius 3 is 2.64 bits per heavy atom. The maximum atomic E-state index is 12.3. The number of ether oxygens (including phenoxy) is 1. The van der Waals surface area contributed by atoms with Gasteiger partial charge in [0.25, 0.3) is 0 Å². The van der Waals surface area contributed by atoms with Gasteiger partial charge in [-0.25, -0.2) is 4.79 Å². The summed E-state index contributed by atoms with van der Waals surface area (Å²) >= 11 is 0. The quantitative estimate of drug-likeness (QED) is 0.867. The van der Waals surface area contributed by atoms with Crippen LogP contribution in [0.15, 0.2) is 30.6 Å². The number of hydrogen-bond donors (Lipinski definition) is 2. The van der Waals surface area contributed by atoms with Gasteiger partial charge in [0.1, 0.15) is 6.54 Å². The summed E-state index contributed by atoms with van der Waals surface area (Å²) in [6.07, 6.45) is -1.77. The van der Waals surface area contributed by atoms with Crippen LogP contribution in [0.2, 0.25) is 0 Å². The second kappa shape index (κ2) is 7.14. The summed E-state index contributed by atoms with van der Waals surface area (Å²) in [5.74, 6) is 0. The zero-order chi connectivity index (χ0) is 17.9. The van der Waals surface area contributed by atoms with Crippen LogP contribution in [0.4, 0.5) is 18.0 Å². The Kier molecular flexibility index (Phi) is 4.93. The van der Waals surface area contributed by atoms with Crippen LogP contribution in [0.1, 0.15) is 22.3 Å². The summed E-state index contributed by atoms with van der Waals surface area (Å²) < 4.78 is 42.9. The van der Waals surface area contributed by atoms with Gasteiger partial charge in [0, 0.05) is 24.8 Å². The number of benzene rings is 1. The lowest BCUT2D eigenvalue weighted by atomic mass is 10.1. The van der Waals surface area contributed by atoms with Gasteiger partial charge in [-0.2, -0.15) is 18.3 Å². The number of carbonyl (C=O) groups excluding carboxylic acids is 1. The number of rotatable bonds is 5. The first-order valence-corrected chi connectivity index (χ1v) is 7.67. The molecule has 0 saturated heterocycles. The van der Waals surface area contributed by atoms with Crippen LogP contribution in [-0.2, 0) is 37.6 Å². The third-order valence-electron chi connectivity index (χ3n) is 3.72. The van der Waals surface area contributed by atoms with E-state index in [0.717, 1.165) is 21.4 Å². The number of aromatic nitrogens is 2. The molecule has 1 aliphatic heterocycles. The number of halogens is 3. The van der Waals surface area contributed by atoms with Crippen molar-refractivity contribution in [3.05, 3.63) is 52.8 Å². The zero-order valence-electron chi connectivity index (χ0n) is 13.3. The summed E-state index contributed by atoms with van der Waals surface area (Å²) in [7, 11) is 0. The zero-order valence-corrected chi connectivity index (χ0v) is 13.3. The molecule has 0 atom stereocenters. The smallest absolute Gasteiger partial charge is 0.372 e. The van der Waals surface area contributed by atoms with Gasteiger partial charge in [-0.15, -0.1) is 0 Å². The lowest BCUT2D eigenvalue weighted by molar-refractivity contribution is -0.142. The van der Waals surface area contributed by atoms with Gasteiger partial charge >= 0.3 is 12.2 Å². The van der Waals surface area contributed by atoms with Crippen molar-refractivity contribution in [2.45, 2.75) is 39.0 Å². The number of hydrogen-bond acceptors (Lipinski definition) is 3. The minimum Gasteiger partial charge on any atom is -0.372 e. The summed E-state index contributed by atoms with van der Waals surface area (Å²) in [6, 6.07) is 5.49. The van der Waals surface area contributed by atoms with Crippen molar-refractivity contribution in [3.8, 4) is 0 Å². The lowest BCUT2D eigenvalue weighted by Crippen LogP contribution is -2.34. The molecule has 1 aromatic heterocycles. The van der Waals surface area contributed by atoms with E-state index in [1.54, 1.807) is 0 Å². The first-order chi connectivity index (χ1) is 11.9. The van der Waals surface area contributed by atoms with E-state index >= 15 is 0 Å². The molecule has 134 valence electrons. The number of carbonyl (C=O) groups is 1. The van der Waals surface area contributed by atoms with Crippen molar-refractivity contribution in [1.82, 2.24) is 20.4 Å². The Balaban J connectivity index is 1.44. The summed E-state index contributed by atoms with van der Waals surface area (Å²) in [5.41, 5.74) is 3.73. The first-order valence-electron chi connectivity index (χ1n) is 7.67. The van der Waals surface area contributed by atoms with Gasteiger partial charge in [-0.1, -0.05) is 18.2 Å². The molecule has 0 aliphatic carbocycles. The number of alkyl halides is 3. The number of nitrogens with one attached hydrogen (secondary N) is 2. The van der Waals surface area contributed by atoms with Crippen LogP contribution in [0, 0.1) is 0 Å². The highest BCUT2D eigenvalue weighted by Gasteiger charge is 2.28. The van der Waals surface area contributed by atoms with E-state index in [2.05, 4.69) is 15.7 Å². The Bertz CT molecular complexity index is 758. The van der Waals surface area contributed by atoms with Crippen molar-refractivity contribution in [2.75, 3.05) is 0 Å². The van der Waals surface area contributed by atoms with E-state index in [-0.39, 0.29) is 6.54 Å². The molecule has 1 aromatic carbocycles. The molecular weight excluding hydrogens is 337 g/mol. The molecule has 2 N–H and O–H groups in total. The fourth-order valence-electron chi connectivity index (χ4n) is 2.53. The largest absolute Gasteiger partial charge is 0.408 e. The standard InChI is InChI=1S/C16H17F3N4O2/c17-16(18,19)10-23-7-12(6-22-23)5-21-15(24)20-4-11-1-2-13-8-25-9-14(13)3-11/h1-3,6-7H,4-5,8-10H2,(H2,20,21,24). The molecule has 0 saturated carbocycles. The molecule has 2 aromatic rings. The Labute approximate surface area is 142 Å². The van der Waals surface area contributed by atoms with E-state index in [0.29, 0.717) is 25.3 Å². The Morgan fingerprint density at radius 2 is 1.88 bits per heavy atom. The molecule has 9 heteroatoms. The van der Waals surface area contributed by atoms with Crippen LogP contribution in [0.5, 0.6) is 0 Å². The van der Waals surface area contributed by atoms with E-state index in [1.807, 2.05) is 18.2 Å². The van der Waals surface area contributed by atoms with E-state index in [4.69, 9.17) is 4.74 Å². The van der Waals surface area contributed by atoms with Crippen LogP contribution in [0.25, 0.3) is 0 Å². The minimum absolute atomic E-state index is 0.0989. The maximum Gasteiger partial charge on any atom is 0.408 e. The van der Waals surface area contributed by atoms with Gasteiger partial charge < -0.3 is 15.4 Å². The van der Waals surface area contributed by atoms with Crippen molar-refractivity contribution in [1.29, 1.82) is 0 Å². The highest BCUT2D eigenvalue weighted by molar-refractivity contribution is 5.73. The fraction of sp³-hybridized carbons (Fsp3) is 0.375. The van der Waals surface area contributed by atoms with Crippen molar-refractivity contribution in [2.24, 2.45) is 0 Å². The first kappa shape index (κ1) is 17.3. The molecule has 2 heterocycles. The number of urea groups is 1. The van der Waals surface area contributed by atoms with Gasteiger partial charge in [-0.05, 0) is 16.7 Å². The average molecular weight is 354 g/mol. The number of fused-ring (bicyclic) bond motifs is 1. The molecule has 3 rings (SSSR count). The van der Waals surface area contributed by atoms with E-state index in [9.17, 15) is 18.0 Å². The maximum absolute atomic E-state index is 12.3. The molecule has 25 heavy (non-hydrogen) atoms. The Morgan fingerprint density at radius 1 is 1.16 bits per heavy atom. The SMILES string of the molecule is O=C(NCc1ccc2c(c1)COC2)NCc1cnn(CC(F)(F)F)c1. The van der Waals surface area contributed by atoms with Crippen LogP contribution >= 0.6 is 0 Å². The van der Waals surface area contributed by atoms with Gasteiger partial charge in [0.05, 0.1) is 19.4 Å². The third kappa shape index (κ3) is 4.96. The molecule has 0 bridgehead atoms. The van der Waals surface area contributed by atoms with Crippen molar-refractivity contribution >= 4 is 6.03 Å². The summed E-state index contributed by atoms with van der Waals surface area (Å²) in [5, 5.41) is 8.92. The third-order valence-corrected chi connectivity index (χ3v) is 3.72. The van der Waals surface area contributed by atoms with Crippen LogP contribution < -0.4 is 10.6 Å². The van der Waals surface area contributed by atoms with Gasteiger partial charge in [-0.3, -0.25) is 4.68 Å². The lowest BCUT2D eigenvalue weighted by Gasteiger charge is -2.08. The van der Waals surface area contributed by atoms with E-state index < -0.39 is 18.8 Å². The fourth-order valence-corrected chi connectivity index (χ4v) is 2.53. The molecule has 0 unspecified atom stereocenters.